The number of halogens is 5. The maximum Gasteiger partial charge on any atom is 0.305 e. The zero-order valence-corrected chi connectivity index (χ0v) is 10.5. The van der Waals surface area contributed by atoms with E-state index in [2.05, 4.69) is 10.1 Å². The van der Waals surface area contributed by atoms with Crippen molar-refractivity contribution >= 4 is 11.7 Å². The fourth-order valence-electron chi connectivity index (χ4n) is 1.44. The summed E-state index contributed by atoms with van der Waals surface area (Å²) in [5, 5.41) is 2.08. The van der Waals surface area contributed by atoms with Crippen molar-refractivity contribution in [3.8, 4) is 0 Å². The minimum atomic E-state index is -2.21. The first kappa shape index (κ1) is 16.2. The molecule has 0 unspecified atom stereocenters. The van der Waals surface area contributed by atoms with Crippen LogP contribution in [0.4, 0.5) is 27.6 Å². The van der Waals surface area contributed by atoms with Crippen molar-refractivity contribution in [1.29, 1.82) is 0 Å². The van der Waals surface area contributed by atoms with Crippen molar-refractivity contribution in [2.24, 2.45) is 0 Å². The van der Waals surface area contributed by atoms with E-state index in [1.807, 2.05) is 0 Å². The monoisotopic (exact) mass is 297 g/mol. The number of esters is 1. The third kappa shape index (κ3) is 3.58. The van der Waals surface area contributed by atoms with Crippen molar-refractivity contribution in [3.05, 3.63) is 29.1 Å². The Labute approximate surface area is 111 Å². The van der Waals surface area contributed by atoms with Crippen LogP contribution in [0.15, 0.2) is 0 Å². The Kier molecular flexibility index (Phi) is 5.72. The lowest BCUT2D eigenvalue weighted by Crippen LogP contribution is -2.12. The quantitative estimate of drug-likeness (QED) is 0.288. The lowest BCUT2D eigenvalue weighted by Gasteiger charge is -2.10. The molecule has 0 spiro atoms. The summed E-state index contributed by atoms with van der Waals surface area (Å²) in [5.41, 5.74) is -1.11. The van der Waals surface area contributed by atoms with Crippen molar-refractivity contribution in [2.45, 2.75) is 19.8 Å². The number of anilines is 1. The minimum Gasteiger partial charge on any atom is -0.466 e. The normalized spacial score (nSPS) is 10.5. The predicted molar refractivity (Wildman–Crippen MR) is 60.6 cm³/mol. The van der Waals surface area contributed by atoms with Crippen molar-refractivity contribution in [3.63, 3.8) is 0 Å². The molecule has 1 rings (SSSR count). The predicted octanol–water partition coefficient (Wildman–Crippen LogP) is 3.14. The Morgan fingerprint density at radius 1 is 1.00 bits per heavy atom. The highest BCUT2D eigenvalue weighted by molar-refractivity contribution is 5.69. The Morgan fingerprint density at radius 2 is 1.50 bits per heavy atom. The number of benzene rings is 1. The van der Waals surface area contributed by atoms with Gasteiger partial charge in [-0.15, -0.1) is 0 Å². The molecule has 1 aromatic carbocycles. The van der Waals surface area contributed by atoms with Gasteiger partial charge in [-0.3, -0.25) is 4.79 Å². The van der Waals surface area contributed by atoms with Crippen molar-refractivity contribution in [1.82, 2.24) is 0 Å². The molecule has 3 nitrogen and oxygen atoms in total. The van der Waals surface area contributed by atoms with Gasteiger partial charge in [0.2, 0.25) is 5.82 Å². The lowest BCUT2D eigenvalue weighted by atomic mass is 10.2. The van der Waals surface area contributed by atoms with Gasteiger partial charge in [-0.05, 0) is 13.3 Å². The topological polar surface area (TPSA) is 38.3 Å². The molecule has 0 bridgehead atoms. The summed E-state index contributed by atoms with van der Waals surface area (Å²) in [6.45, 7) is 1.67. The van der Waals surface area contributed by atoms with Crippen LogP contribution in [0.3, 0.4) is 0 Å². The molecular weight excluding hydrogens is 285 g/mol. The van der Waals surface area contributed by atoms with Gasteiger partial charge in [0, 0.05) is 13.0 Å². The second kappa shape index (κ2) is 7.06. The van der Waals surface area contributed by atoms with Gasteiger partial charge in [-0.25, -0.2) is 22.0 Å². The minimum absolute atomic E-state index is 0.0315. The average molecular weight is 297 g/mol. The van der Waals surface area contributed by atoms with E-state index in [1.165, 1.54) is 0 Å². The van der Waals surface area contributed by atoms with Gasteiger partial charge >= 0.3 is 5.97 Å². The van der Waals surface area contributed by atoms with Crippen LogP contribution in [0.5, 0.6) is 0 Å². The van der Waals surface area contributed by atoms with E-state index in [0.717, 1.165) is 0 Å². The largest absolute Gasteiger partial charge is 0.466 e. The van der Waals surface area contributed by atoms with Crippen LogP contribution in [-0.2, 0) is 9.53 Å². The number of rotatable bonds is 6. The van der Waals surface area contributed by atoms with Crippen molar-refractivity contribution < 1.29 is 31.5 Å². The summed E-state index contributed by atoms with van der Waals surface area (Å²) >= 11 is 0. The van der Waals surface area contributed by atoms with Crippen LogP contribution < -0.4 is 5.32 Å². The molecule has 0 aliphatic heterocycles. The zero-order valence-electron chi connectivity index (χ0n) is 10.5. The number of hydrogen-bond donors (Lipinski definition) is 1. The summed E-state index contributed by atoms with van der Waals surface area (Å²) < 4.78 is 69.6. The van der Waals surface area contributed by atoms with E-state index >= 15 is 0 Å². The molecule has 112 valence electrons. The second-order valence-electron chi connectivity index (χ2n) is 3.78. The van der Waals surface area contributed by atoms with Gasteiger partial charge in [0.25, 0.3) is 0 Å². The fourth-order valence-corrected chi connectivity index (χ4v) is 1.44. The number of hydrogen-bond acceptors (Lipinski definition) is 3. The van der Waals surface area contributed by atoms with E-state index < -0.39 is 40.7 Å². The molecule has 20 heavy (non-hydrogen) atoms. The van der Waals surface area contributed by atoms with E-state index in [1.54, 1.807) is 6.92 Å². The highest BCUT2D eigenvalue weighted by atomic mass is 19.2. The first-order valence-electron chi connectivity index (χ1n) is 5.81. The fraction of sp³-hybridized carbons (Fsp3) is 0.417. The molecule has 0 aliphatic carbocycles. The maximum absolute atomic E-state index is 13.2. The Morgan fingerprint density at radius 3 is 2.00 bits per heavy atom. The van der Waals surface area contributed by atoms with Crippen LogP contribution in [0.25, 0.3) is 0 Å². The molecule has 0 atom stereocenters. The first-order chi connectivity index (χ1) is 9.40. The molecule has 0 radical (unpaired) electrons. The number of carbonyl (C=O) groups is 1. The molecule has 8 heteroatoms. The Balaban J connectivity index is 2.67. The van der Waals surface area contributed by atoms with Gasteiger partial charge in [0.1, 0.15) is 5.69 Å². The third-order valence-electron chi connectivity index (χ3n) is 2.37. The third-order valence-corrected chi connectivity index (χ3v) is 2.37. The van der Waals surface area contributed by atoms with Gasteiger partial charge < -0.3 is 10.1 Å². The molecule has 0 amide bonds. The molecule has 0 heterocycles. The molecule has 0 saturated heterocycles. The Bertz CT molecular complexity index is 478. The zero-order chi connectivity index (χ0) is 15.3. The van der Waals surface area contributed by atoms with Gasteiger partial charge in [0.15, 0.2) is 23.3 Å². The number of carbonyl (C=O) groups excluding carboxylic acids is 1. The smallest absolute Gasteiger partial charge is 0.305 e. The molecule has 1 aromatic rings. The lowest BCUT2D eigenvalue weighted by molar-refractivity contribution is -0.143. The molecule has 1 N–H and O–H groups in total. The number of ether oxygens (including phenoxy) is 1. The standard InChI is InChI=1S/C12H12F5NO2/c1-2-20-6(19)4-3-5-18-12-10(16)8(14)7(13)9(15)11(12)17/h18H,2-5H2,1H3. The summed E-state index contributed by atoms with van der Waals surface area (Å²) in [6.07, 6.45) is 0.0918. The van der Waals surface area contributed by atoms with Gasteiger partial charge in [-0.2, -0.15) is 0 Å². The molecule has 0 aromatic heterocycles. The first-order valence-corrected chi connectivity index (χ1v) is 5.81. The maximum atomic E-state index is 13.2. The highest BCUT2D eigenvalue weighted by Gasteiger charge is 2.25. The van der Waals surface area contributed by atoms with Crippen LogP contribution in [0.2, 0.25) is 0 Å². The average Bonchev–Trinajstić information content (AvgIpc) is 2.42. The van der Waals surface area contributed by atoms with Crippen molar-refractivity contribution in [2.75, 3.05) is 18.5 Å². The SMILES string of the molecule is CCOC(=O)CCCNc1c(F)c(F)c(F)c(F)c1F. The summed E-state index contributed by atoms with van der Waals surface area (Å²) in [7, 11) is 0. The van der Waals surface area contributed by atoms with Crippen LogP contribution in [0.1, 0.15) is 19.8 Å². The Hall–Kier alpha value is -1.86. The summed E-state index contributed by atoms with van der Waals surface area (Å²) in [5.74, 6) is -10.6. The molecule has 0 saturated carbocycles. The van der Waals surface area contributed by atoms with Crippen LogP contribution in [0, 0.1) is 29.1 Å². The van der Waals surface area contributed by atoms with Crippen LogP contribution in [-0.4, -0.2) is 19.1 Å². The molecule has 0 aliphatic rings. The molecular formula is C12H12F5NO2. The summed E-state index contributed by atoms with van der Waals surface area (Å²) in [4.78, 5) is 11.0. The molecule has 0 fully saturated rings. The van der Waals surface area contributed by atoms with E-state index in [9.17, 15) is 26.7 Å². The van der Waals surface area contributed by atoms with Gasteiger partial charge in [-0.1, -0.05) is 0 Å². The van der Waals surface area contributed by atoms with E-state index in [4.69, 9.17) is 0 Å². The summed E-state index contributed by atoms with van der Waals surface area (Å²) in [6, 6.07) is 0. The number of nitrogens with one attached hydrogen (secondary N) is 1. The highest BCUT2D eigenvalue weighted by Crippen LogP contribution is 2.26. The van der Waals surface area contributed by atoms with E-state index in [-0.39, 0.29) is 26.0 Å². The second-order valence-corrected chi connectivity index (χ2v) is 3.78. The van der Waals surface area contributed by atoms with Crippen LogP contribution >= 0.6 is 0 Å². The van der Waals surface area contributed by atoms with Gasteiger partial charge in [0.05, 0.1) is 6.61 Å². The van der Waals surface area contributed by atoms with E-state index in [0.29, 0.717) is 0 Å².